The van der Waals surface area contributed by atoms with Gasteiger partial charge in [-0.1, -0.05) is 19.4 Å². The second kappa shape index (κ2) is 7.56. The van der Waals surface area contributed by atoms with Gasteiger partial charge in [0.25, 0.3) is 0 Å². The zero-order valence-corrected chi connectivity index (χ0v) is 12.6. The maximum atomic E-state index is 8.96. The van der Waals surface area contributed by atoms with Crippen molar-refractivity contribution in [1.82, 2.24) is 4.90 Å². The van der Waals surface area contributed by atoms with Crippen LogP contribution in [0.5, 0.6) is 0 Å². The molecule has 0 unspecified atom stereocenters. The second-order valence-electron chi connectivity index (χ2n) is 5.40. The Morgan fingerprint density at radius 2 is 2.17 bits per heavy atom. The standard InChI is InChI=1S/C15H24N2S/c1-4-17(12-14-8-7-11-18-14)10-6-5-9-15(2,3)13-16/h7-8,11H,4-6,9-10,12H2,1-3H3. The van der Waals surface area contributed by atoms with E-state index in [-0.39, 0.29) is 5.41 Å². The van der Waals surface area contributed by atoms with Crippen LogP contribution < -0.4 is 0 Å². The van der Waals surface area contributed by atoms with Crippen LogP contribution in [0.2, 0.25) is 0 Å². The molecule has 0 saturated carbocycles. The predicted octanol–water partition coefficient (Wildman–Crippen LogP) is 4.29. The lowest BCUT2D eigenvalue weighted by atomic mass is 9.89. The molecule has 2 nitrogen and oxygen atoms in total. The Hall–Kier alpha value is -0.850. The molecule has 0 saturated heterocycles. The van der Waals surface area contributed by atoms with Crippen LogP contribution in [0.15, 0.2) is 17.5 Å². The molecular formula is C15H24N2S. The molecule has 0 aromatic carbocycles. The van der Waals surface area contributed by atoms with Crippen LogP contribution in [-0.2, 0) is 6.54 Å². The van der Waals surface area contributed by atoms with E-state index < -0.39 is 0 Å². The first-order chi connectivity index (χ1) is 8.57. The van der Waals surface area contributed by atoms with E-state index >= 15 is 0 Å². The Balaban J connectivity index is 2.22. The third kappa shape index (κ3) is 5.66. The summed E-state index contributed by atoms with van der Waals surface area (Å²) in [5.74, 6) is 0. The maximum Gasteiger partial charge on any atom is 0.0683 e. The Bertz CT molecular complexity index is 362. The normalized spacial score (nSPS) is 11.7. The van der Waals surface area contributed by atoms with Gasteiger partial charge in [-0.3, -0.25) is 4.90 Å². The molecule has 0 aliphatic heterocycles. The SMILES string of the molecule is CCN(CCCCC(C)(C)C#N)Cc1cccs1. The Labute approximate surface area is 115 Å². The van der Waals surface area contributed by atoms with Crippen molar-refractivity contribution in [1.29, 1.82) is 5.26 Å². The van der Waals surface area contributed by atoms with Gasteiger partial charge >= 0.3 is 0 Å². The van der Waals surface area contributed by atoms with E-state index in [1.807, 2.05) is 25.2 Å². The fraction of sp³-hybridized carbons (Fsp3) is 0.667. The molecular weight excluding hydrogens is 240 g/mol. The Kier molecular flexibility index (Phi) is 6.38. The van der Waals surface area contributed by atoms with Crippen LogP contribution in [0, 0.1) is 16.7 Å². The van der Waals surface area contributed by atoms with Gasteiger partial charge in [-0.15, -0.1) is 11.3 Å². The summed E-state index contributed by atoms with van der Waals surface area (Å²) in [6.07, 6.45) is 3.33. The van der Waals surface area contributed by atoms with Crippen molar-refractivity contribution in [2.24, 2.45) is 5.41 Å². The van der Waals surface area contributed by atoms with Gasteiger partial charge in [-0.25, -0.2) is 0 Å². The quantitative estimate of drug-likeness (QED) is 0.655. The second-order valence-corrected chi connectivity index (χ2v) is 6.43. The third-order valence-electron chi connectivity index (χ3n) is 3.24. The third-order valence-corrected chi connectivity index (χ3v) is 4.10. The molecule has 0 atom stereocenters. The first-order valence-electron chi connectivity index (χ1n) is 6.73. The van der Waals surface area contributed by atoms with Crippen LogP contribution in [0.25, 0.3) is 0 Å². The number of unbranched alkanes of at least 4 members (excludes halogenated alkanes) is 1. The summed E-state index contributed by atoms with van der Waals surface area (Å²) in [6, 6.07) is 6.68. The summed E-state index contributed by atoms with van der Waals surface area (Å²) in [5, 5.41) is 11.1. The summed E-state index contributed by atoms with van der Waals surface area (Å²) in [5.41, 5.74) is -0.162. The van der Waals surface area contributed by atoms with Gasteiger partial charge in [-0.05, 0) is 51.2 Å². The molecule has 0 amide bonds. The van der Waals surface area contributed by atoms with Crippen molar-refractivity contribution in [3.8, 4) is 6.07 Å². The van der Waals surface area contributed by atoms with Gasteiger partial charge in [0.05, 0.1) is 11.5 Å². The smallest absolute Gasteiger partial charge is 0.0683 e. The highest BCUT2D eigenvalue weighted by Crippen LogP contribution is 2.22. The monoisotopic (exact) mass is 264 g/mol. The van der Waals surface area contributed by atoms with Gasteiger partial charge in [0, 0.05) is 11.4 Å². The first kappa shape index (κ1) is 15.2. The molecule has 1 rings (SSSR count). The van der Waals surface area contributed by atoms with E-state index in [0.717, 1.165) is 32.5 Å². The Morgan fingerprint density at radius 3 is 2.72 bits per heavy atom. The molecule has 0 radical (unpaired) electrons. The van der Waals surface area contributed by atoms with Crippen LogP contribution >= 0.6 is 11.3 Å². The molecule has 1 aromatic rings. The highest BCUT2D eigenvalue weighted by Gasteiger charge is 2.15. The van der Waals surface area contributed by atoms with Crippen molar-refractivity contribution in [2.45, 2.75) is 46.6 Å². The van der Waals surface area contributed by atoms with Crippen LogP contribution in [0.1, 0.15) is 44.9 Å². The fourth-order valence-corrected chi connectivity index (χ4v) is 2.68. The number of rotatable bonds is 8. The largest absolute Gasteiger partial charge is 0.299 e. The minimum atomic E-state index is -0.162. The van der Waals surface area contributed by atoms with Gasteiger partial charge in [0.15, 0.2) is 0 Å². The number of nitrogens with zero attached hydrogens (tertiary/aromatic N) is 2. The molecule has 0 aliphatic carbocycles. The molecule has 0 spiro atoms. The fourth-order valence-electron chi connectivity index (χ4n) is 1.93. The first-order valence-corrected chi connectivity index (χ1v) is 7.61. The molecule has 0 aliphatic rings. The van der Waals surface area contributed by atoms with Crippen LogP contribution in [0.3, 0.4) is 0 Å². The molecule has 1 heterocycles. The lowest BCUT2D eigenvalue weighted by Crippen LogP contribution is -2.23. The zero-order chi connectivity index (χ0) is 13.4. The Morgan fingerprint density at radius 1 is 1.39 bits per heavy atom. The van der Waals surface area contributed by atoms with Crippen molar-refractivity contribution in [3.63, 3.8) is 0 Å². The predicted molar refractivity (Wildman–Crippen MR) is 78.5 cm³/mol. The highest BCUT2D eigenvalue weighted by atomic mass is 32.1. The number of nitriles is 1. The molecule has 0 fully saturated rings. The van der Waals surface area contributed by atoms with E-state index in [1.54, 1.807) is 0 Å². The molecule has 1 aromatic heterocycles. The summed E-state index contributed by atoms with van der Waals surface area (Å²) < 4.78 is 0. The van der Waals surface area contributed by atoms with E-state index in [9.17, 15) is 0 Å². The van der Waals surface area contributed by atoms with E-state index in [4.69, 9.17) is 5.26 Å². The average molecular weight is 264 g/mol. The van der Waals surface area contributed by atoms with Gasteiger partial charge in [0.2, 0.25) is 0 Å². The number of thiophene rings is 1. The minimum absolute atomic E-state index is 0.162. The van der Waals surface area contributed by atoms with Crippen molar-refractivity contribution in [2.75, 3.05) is 13.1 Å². The van der Waals surface area contributed by atoms with Crippen LogP contribution in [0.4, 0.5) is 0 Å². The van der Waals surface area contributed by atoms with Crippen LogP contribution in [-0.4, -0.2) is 18.0 Å². The van der Waals surface area contributed by atoms with Crippen molar-refractivity contribution >= 4 is 11.3 Å². The van der Waals surface area contributed by atoms with Gasteiger partial charge in [0.1, 0.15) is 0 Å². The molecule has 3 heteroatoms. The average Bonchev–Trinajstić information content (AvgIpc) is 2.86. The summed E-state index contributed by atoms with van der Waals surface area (Å²) in [4.78, 5) is 3.92. The molecule has 18 heavy (non-hydrogen) atoms. The molecule has 0 N–H and O–H groups in total. The maximum absolute atomic E-state index is 8.96. The van der Waals surface area contributed by atoms with Crippen molar-refractivity contribution < 1.29 is 0 Å². The highest BCUT2D eigenvalue weighted by molar-refractivity contribution is 7.09. The molecule has 100 valence electrons. The van der Waals surface area contributed by atoms with Gasteiger partial charge in [-0.2, -0.15) is 5.26 Å². The zero-order valence-electron chi connectivity index (χ0n) is 11.8. The topological polar surface area (TPSA) is 27.0 Å². The summed E-state index contributed by atoms with van der Waals surface area (Å²) in [7, 11) is 0. The van der Waals surface area contributed by atoms with E-state index in [1.165, 1.54) is 11.3 Å². The van der Waals surface area contributed by atoms with Gasteiger partial charge < -0.3 is 0 Å². The summed E-state index contributed by atoms with van der Waals surface area (Å²) >= 11 is 1.83. The lowest BCUT2D eigenvalue weighted by Gasteiger charge is -2.20. The van der Waals surface area contributed by atoms with E-state index in [2.05, 4.69) is 35.4 Å². The molecule has 0 bridgehead atoms. The van der Waals surface area contributed by atoms with Crippen molar-refractivity contribution in [3.05, 3.63) is 22.4 Å². The van der Waals surface area contributed by atoms with E-state index in [0.29, 0.717) is 0 Å². The number of hydrogen-bond acceptors (Lipinski definition) is 3. The lowest BCUT2D eigenvalue weighted by molar-refractivity contribution is 0.269. The number of hydrogen-bond donors (Lipinski definition) is 0. The minimum Gasteiger partial charge on any atom is -0.299 e. The summed E-state index contributed by atoms with van der Waals surface area (Å²) in [6.45, 7) is 9.56.